The number of benzene rings is 3. The predicted molar refractivity (Wildman–Crippen MR) is 153 cm³/mol. The van der Waals surface area contributed by atoms with Gasteiger partial charge in [-0.3, -0.25) is 14.4 Å². The van der Waals surface area contributed by atoms with Gasteiger partial charge in [-0.2, -0.15) is 26.3 Å². The fraction of sp³-hybridized carbons (Fsp3) is 0.233. The second-order valence-corrected chi connectivity index (χ2v) is 10.6. The number of hydrogen-bond acceptors (Lipinski definition) is 3. The third-order valence-electron chi connectivity index (χ3n) is 6.47. The first-order chi connectivity index (χ1) is 20.5. The minimum Gasteiger partial charge on any atom is -0.352 e. The Morgan fingerprint density at radius 2 is 1.45 bits per heavy atom. The van der Waals surface area contributed by atoms with Gasteiger partial charge in [0.1, 0.15) is 12.2 Å². The van der Waals surface area contributed by atoms with Crippen molar-refractivity contribution in [1.82, 2.24) is 9.88 Å². The highest BCUT2D eigenvalue weighted by Crippen LogP contribution is 2.31. The van der Waals surface area contributed by atoms with Crippen LogP contribution in [0.1, 0.15) is 45.8 Å². The van der Waals surface area contributed by atoms with E-state index in [1.54, 1.807) is 19.9 Å². The van der Waals surface area contributed by atoms with Gasteiger partial charge in [0.15, 0.2) is 0 Å². The molecule has 232 valence electrons. The third-order valence-corrected chi connectivity index (χ3v) is 6.80. The molecule has 1 aromatic heterocycles. The van der Waals surface area contributed by atoms with E-state index in [0.717, 1.165) is 28.8 Å². The Hall–Kier alpha value is -4.52. The zero-order valence-electron chi connectivity index (χ0n) is 23.2. The molecule has 7 nitrogen and oxygen atoms in total. The number of carbonyl (C=O) groups is 3. The van der Waals surface area contributed by atoms with Crippen molar-refractivity contribution >= 4 is 51.6 Å². The maximum Gasteiger partial charge on any atom is 0.416 e. The van der Waals surface area contributed by atoms with Gasteiger partial charge in [-0.05, 0) is 66.2 Å². The van der Waals surface area contributed by atoms with Gasteiger partial charge in [0.2, 0.25) is 5.91 Å². The predicted octanol–water partition coefficient (Wildman–Crippen LogP) is 7.65. The smallest absolute Gasteiger partial charge is 0.352 e. The first-order valence-electron chi connectivity index (χ1n) is 13.1. The van der Waals surface area contributed by atoms with Gasteiger partial charge in [-0.15, -0.1) is 0 Å². The van der Waals surface area contributed by atoms with E-state index in [2.05, 4.69) is 16.0 Å². The fourth-order valence-electron chi connectivity index (χ4n) is 4.27. The SMILES string of the molecule is CC(C)C(=O)NCc1ccc(Cl)c(C(=O)Nc2ccc3c(c2)cc(C(=O)Nc2ccc(C(F)(F)F)cc2)n3CC(F)(F)F)c1. The molecule has 0 fully saturated rings. The normalized spacial score (nSPS) is 12.0. The van der Waals surface area contributed by atoms with Crippen LogP contribution in [0, 0.1) is 5.92 Å². The zero-order valence-corrected chi connectivity index (χ0v) is 23.9. The fourth-order valence-corrected chi connectivity index (χ4v) is 4.48. The number of alkyl halides is 6. The number of halogens is 7. The topological polar surface area (TPSA) is 92.2 Å². The Morgan fingerprint density at radius 3 is 2.07 bits per heavy atom. The molecule has 4 aromatic rings. The van der Waals surface area contributed by atoms with E-state index < -0.39 is 42.0 Å². The van der Waals surface area contributed by atoms with Crippen LogP contribution in [-0.2, 0) is 24.1 Å². The molecule has 0 bridgehead atoms. The monoisotopic (exact) mass is 638 g/mol. The van der Waals surface area contributed by atoms with E-state index in [1.165, 1.54) is 36.4 Å². The second kappa shape index (κ2) is 12.6. The number of nitrogens with zero attached hydrogens (tertiary/aromatic N) is 1. The maximum absolute atomic E-state index is 13.5. The molecule has 3 aromatic carbocycles. The van der Waals surface area contributed by atoms with E-state index >= 15 is 0 Å². The minimum atomic E-state index is -4.71. The van der Waals surface area contributed by atoms with Crippen molar-refractivity contribution in [2.45, 2.75) is 39.3 Å². The summed E-state index contributed by atoms with van der Waals surface area (Å²) < 4.78 is 79.7. The van der Waals surface area contributed by atoms with E-state index in [4.69, 9.17) is 11.6 Å². The summed E-state index contributed by atoms with van der Waals surface area (Å²) >= 11 is 6.23. The average Bonchev–Trinajstić information content (AvgIpc) is 3.28. The van der Waals surface area contributed by atoms with Crippen molar-refractivity contribution in [3.05, 3.63) is 94.1 Å². The molecule has 0 aliphatic rings. The molecule has 0 spiro atoms. The van der Waals surface area contributed by atoms with Crippen molar-refractivity contribution < 1.29 is 40.7 Å². The average molecular weight is 639 g/mol. The summed E-state index contributed by atoms with van der Waals surface area (Å²) in [6.45, 7) is 2.11. The summed E-state index contributed by atoms with van der Waals surface area (Å²) in [6, 6.07) is 13.3. The van der Waals surface area contributed by atoms with Gasteiger partial charge in [0.25, 0.3) is 11.8 Å². The summed E-state index contributed by atoms with van der Waals surface area (Å²) in [5.41, 5.74) is -0.495. The standard InChI is InChI=1S/C30H25ClF6N4O3/c1-16(2)26(42)38-14-17-3-9-23(31)22(11-17)27(43)40-21-8-10-24-18(12-21)13-25(41(24)15-29(32,33)34)28(44)39-20-6-4-19(5-7-20)30(35,36)37/h3-13,16H,14-15H2,1-2H3,(H,38,42)(H,39,44)(H,40,43). The summed E-state index contributed by atoms with van der Waals surface area (Å²) in [4.78, 5) is 37.9. The molecular formula is C30H25ClF6N4O3. The molecule has 3 amide bonds. The van der Waals surface area contributed by atoms with Crippen LogP contribution in [0.15, 0.2) is 66.7 Å². The first-order valence-corrected chi connectivity index (χ1v) is 13.5. The van der Waals surface area contributed by atoms with Crippen LogP contribution < -0.4 is 16.0 Å². The van der Waals surface area contributed by atoms with Gasteiger partial charge in [-0.25, -0.2) is 0 Å². The number of hydrogen-bond donors (Lipinski definition) is 3. The molecule has 3 N–H and O–H groups in total. The summed E-state index contributed by atoms with van der Waals surface area (Å²) in [5.74, 6) is -2.02. The number of fused-ring (bicyclic) bond motifs is 1. The highest BCUT2D eigenvalue weighted by Gasteiger charge is 2.32. The van der Waals surface area contributed by atoms with Gasteiger partial charge < -0.3 is 20.5 Å². The van der Waals surface area contributed by atoms with E-state index in [9.17, 15) is 40.7 Å². The largest absolute Gasteiger partial charge is 0.416 e. The van der Waals surface area contributed by atoms with Crippen LogP contribution >= 0.6 is 11.6 Å². The third kappa shape index (κ3) is 7.90. The lowest BCUT2D eigenvalue weighted by molar-refractivity contribution is -0.140. The maximum atomic E-state index is 13.5. The molecule has 0 atom stereocenters. The first kappa shape index (κ1) is 32.4. The lowest BCUT2D eigenvalue weighted by Gasteiger charge is -2.14. The van der Waals surface area contributed by atoms with Crippen LogP contribution in [0.5, 0.6) is 0 Å². The Bertz CT molecular complexity index is 1710. The number of nitrogens with one attached hydrogen (secondary N) is 3. The van der Waals surface area contributed by atoms with Gasteiger partial charge in [0.05, 0.1) is 16.1 Å². The Kier molecular flexibility index (Phi) is 9.28. The number of aromatic nitrogens is 1. The summed E-state index contributed by atoms with van der Waals surface area (Å²) in [7, 11) is 0. The van der Waals surface area contributed by atoms with Crippen molar-refractivity contribution in [2.24, 2.45) is 5.92 Å². The molecule has 44 heavy (non-hydrogen) atoms. The molecular weight excluding hydrogens is 614 g/mol. The van der Waals surface area contributed by atoms with Crippen molar-refractivity contribution in [3.63, 3.8) is 0 Å². The van der Waals surface area contributed by atoms with Crippen molar-refractivity contribution in [2.75, 3.05) is 10.6 Å². The van der Waals surface area contributed by atoms with Crippen LogP contribution in [0.25, 0.3) is 10.9 Å². The minimum absolute atomic E-state index is 0.0267. The molecule has 0 aliphatic carbocycles. The lowest BCUT2D eigenvalue weighted by atomic mass is 10.1. The lowest BCUT2D eigenvalue weighted by Crippen LogP contribution is -2.27. The highest BCUT2D eigenvalue weighted by atomic mass is 35.5. The Balaban J connectivity index is 1.59. The van der Waals surface area contributed by atoms with Crippen LogP contribution in [-0.4, -0.2) is 28.5 Å². The zero-order chi connectivity index (χ0) is 32.4. The molecule has 14 heteroatoms. The van der Waals surface area contributed by atoms with E-state index in [1.807, 2.05) is 0 Å². The van der Waals surface area contributed by atoms with Gasteiger partial charge >= 0.3 is 12.4 Å². The van der Waals surface area contributed by atoms with Crippen molar-refractivity contribution in [3.8, 4) is 0 Å². The molecule has 0 aliphatic heterocycles. The van der Waals surface area contributed by atoms with E-state index in [0.29, 0.717) is 5.56 Å². The summed E-state index contributed by atoms with van der Waals surface area (Å²) in [5, 5.41) is 8.00. The Labute approximate surface area is 252 Å². The quantitative estimate of drug-likeness (QED) is 0.173. The molecule has 4 rings (SSSR count). The van der Waals surface area contributed by atoms with Gasteiger partial charge in [0, 0.05) is 34.7 Å². The molecule has 1 heterocycles. The number of rotatable bonds is 8. The summed E-state index contributed by atoms with van der Waals surface area (Å²) in [6.07, 6.45) is -9.31. The van der Waals surface area contributed by atoms with Crippen LogP contribution in [0.4, 0.5) is 37.7 Å². The van der Waals surface area contributed by atoms with Crippen molar-refractivity contribution in [1.29, 1.82) is 0 Å². The molecule has 0 saturated heterocycles. The number of carbonyl (C=O) groups excluding carboxylic acids is 3. The van der Waals surface area contributed by atoms with Crippen LogP contribution in [0.2, 0.25) is 5.02 Å². The second-order valence-electron chi connectivity index (χ2n) is 10.2. The molecule has 0 radical (unpaired) electrons. The Morgan fingerprint density at radius 1 is 0.818 bits per heavy atom. The number of amides is 3. The van der Waals surface area contributed by atoms with Crippen LogP contribution in [0.3, 0.4) is 0 Å². The molecule has 0 saturated carbocycles. The van der Waals surface area contributed by atoms with E-state index in [-0.39, 0.29) is 51.2 Å². The molecule has 0 unspecified atom stereocenters. The van der Waals surface area contributed by atoms with Gasteiger partial charge in [-0.1, -0.05) is 31.5 Å². The highest BCUT2D eigenvalue weighted by molar-refractivity contribution is 6.34. The number of anilines is 2.